The average Bonchev–Trinajstić information content (AvgIpc) is 2.75. The number of aromatic nitrogens is 2. The van der Waals surface area contributed by atoms with Gasteiger partial charge in [-0.2, -0.15) is 0 Å². The zero-order chi connectivity index (χ0) is 9.97. The normalized spacial score (nSPS) is 10.4. The van der Waals surface area contributed by atoms with Gasteiger partial charge in [0.25, 0.3) is 0 Å². The molecule has 1 N–H and O–H groups in total. The highest BCUT2D eigenvalue weighted by Crippen LogP contribution is 2.15. The molecule has 2 aromatic rings. The van der Waals surface area contributed by atoms with Crippen molar-refractivity contribution in [1.82, 2.24) is 9.97 Å². The number of nitrogens with one attached hydrogen (secondary N) is 1. The fourth-order valence-corrected chi connectivity index (χ4v) is 1.40. The summed E-state index contributed by atoms with van der Waals surface area (Å²) < 4.78 is 5.68. The fourth-order valence-electron chi connectivity index (χ4n) is 1.10. The van der Waals surface area contributed by atoms with E-state index in [1.54, 1.807) is 24.5 Å². The van der Waals surface area contributed by atoms with Crippen molar-refractivity contribution in [3.8, 4) is 0 Å². The molecular formula is C9H7BrN2O2. The van der Waals surface area contributed by atoms with Crippen LogP contribution in [0.2, 0.25) is 0 Å². The highest BCUT2D eigenvalue weighted by atomic mass is 79.9. The molecule has 0 saturated carbocycles. The summed E-state index contributed by atoms with van der Waals surface area (Å²) in [5, 5.41) is 0. The van der Waals surface area contributed by atoms with Crippen molar-refractivity contribution in [1.29, 1.82) is 0 Å². The van der Waals surface area contributed by atoms with Crippen LogP contribution in [0.5, 0.6) is 0 Å². The predicted octanol–water partition coefficient (Wildman–Crippen LogP) is 2.19. The number of halogens is 1. The summed E-state index contributed by atoms with van der Waals surface area (Å²) in [5.41, 5.74) is 0. The van der Waals surface area contributed by atoms with Gasteiger partial charge in [0, 0.05) is 12.4 Å². The maximum atomic E-state index is 11.6. The molecule has 0 aliphatic carbocycles. The fraction of sp³-hybridized carbons (Fsp3) is 0.111. The number of rotatable bonds is 3. The van der Waals surface area contributed by atoms with E-state index < -0.39 is 0 Å². The van der Waals surface area contributed by atoms with Gasteiger partial charge in [-0.1, -0.05) is 0 Å². The lowest BCUT2D eigenvalue weighted by Crippen LogP contribution is -2.03. The number of hydrogen-bond donors (Lipinski definition) is 1. The molecule has 0 fully saturated rings. The van der Waals surface area contributed by atoms with Crippen molar-refractivity contribution in [2.75, 3.05) is 0 Å². The van der Waals surface area contributed by atoms with Gasteiger partial charge in [0.15, 0.2) is 10.4 Å². The Morgan fingerprint density at radius 1 is 1.57 bits per heavy atom. The molecule has 14 heavy (non-hydrogen) atoms. The first-order valence-corrected chi connectivity index (χ1v) is 4.82. The number of Topliss-reactive ketones (excluding diaryl/α,β-unsaturated/α-hetero) is 1. The van der Waals surface area contributed by atoms with E-state index in [1.807, 2.05) is 0 Å². The van der Waals surface area contributed by atoms with Crippen molar-refractivity contribution < 1.29 is 9.21 Å². The molecule has 0 aliphatic rings. The van der Waals surface area contributed by atoms with Crippen LogP contribution < -0.4 is 0 Å². The molecule has 0 saturated heterocycles. The molecule has 0 bridgehead atoms. The van der Waals surface area contributed by atoms with Crippen LogP contribution in [0.1, 0.15) is 16.4 Å². The Bertz CT molecular complexity index is 433. The largest absolute Gasteiger partial charge is 0.446 e. The minimum atomic E-state index is -0.0920. The molecule has 0 amide bonds. The standard InChI is InChI=1S/C9H7BrN2O2/c10-8-2-1-7(14-8)6(13)5-9-11-3-4-12-9/h1-4H,5H2,(H,11,12). The van der Waals surface area contributed by atoms with Crippen LogP contribution in [0.4, 0.5) is 0 Å². The summed E-state index contributed by atoms with van der Waals surface area (Å²) in [6, 6.07) is 3.32. The number of imidazole rings is 1. The van der Waals surface area contributed by atoms with Crippen LogP contribution in [0.25, 0.3) is 0 Å². The monoisotopic (exact) mass is 254 g/mol. The maximum Gasteiger partial charge on any atom is 0.205 e. The Kier molecular flexibility index (Phi) is 2.49. The van der Waals surface area contributed by atoms with Crippen molar-refractivity contribution in [3.63, 3.8) is 0 Å². The molecule has 0 spiro atoms. The zero-order valence-electron chi connectivity index (χ0n) is 7.16. The molecule has 2 heterocycles. The predicted molar refractivity (Wildman–Crippen MR) is 53.0 cm³/mol. The Morgan fingerprint density at radius 2 is 2.43 bits per heavy atom. The molecule has 0 unspecified atom stereocenters. The van der Waals surface area contributed by atoms with E-state index in [4.69, 9.17) is 4.42 Å². The van der Waals surface area contributed by atoms with E-state index in [9.17, 15) is 4.79 Å². The second-order valence-electron chi connectivity index (χ2n) is 2.74. The highest BCUT2D eigenvalue weighted by molar-refractivity contribution is 9.10. The van der Waals surface area contributed by atoms with Gasteiger partial charge in [-0.25, -0.2) is 4.98 Å². The quantitative estimate of drug-likeness (QED) is 0.855. The number of carbonyl (C=O) groups is 1. The molecule has 0 aromatic carbocycles. The number of hydrogen-bond acceptors (Lipinski definition) is 3. The van der Waals surface area contributed by atoms with Crippen LogP contribution in [0.15, 0.2) is 33.6 Å². The Balaban J connectivity index is 2.10. The Hall–Kier alpha value is -1.36. The smallest absolute Gasteiger partial charge is 0.205 e. The third-order valence-electron chi connectivity index (χ3n) is 1.73. The molecule has 0 aliphatic heterocycles. The number of H-pyrrole nitrogens is 1. The maximum absolute atomic E-state index is 11.6. The van der Waals surface area contributed by atoms with Crippen LogP contribution in [0.3, 0.4) is 0 Å². The molecular weight excluding hydrogens is 248 g/mol. The van der Waals surface area contributed by atoms with Crippen molar-refractivity contribution in [3.05, 3.63) is 40.8 Å². The van der Waals surface area contributed by atoms with Crippen molar-refractivity contribution >= 4 is 21.7 Å². The molecule has 0 atom stereocenters. The van der Waals surface area contributed by atoms with Gasteiger partial charge in [-0.3, -0.25) is 4.79 Å². The summed E-state index contributed by atoms with van der Waals surface area (Å²) in [7, 11) is 0. The summed E-state index contributed by atoms with van der Waals surface area (Å²) >= 11 is 3.14. The summed E-state index contributed by atoms with van der Waals surface area (Å²) in [6.07, 6.45) is 3.52. The van der Waals surface area contributed by atoms with Crippen LogP contribution in [-0.2, 0) is 6.42 Å². The van der Waals surface area contributed by atoms with Gasteiger partial charge in [-0.15, -0.1) is 0 Å². The first-order valence-electron chi connectivity index (χ1n) is 4.02. The minimum absolute atomic E-state index is 0.0920. The van der Waals surface area contributed by atoms with Gasteiger partial charge >= 0.3 is 0 Å². The van der Waals surface area contributed by atoms with Crippen molar-refractivity contribution in [2.24, 2.45) is 0 Å². The van der Waals surface area contributed by atoms with Gasteiger partial charge in [-0.05, 0) is 28.1 Å². The SMILES string of the molecule is O=C(Cc1ncc[nH]1)c1ccc(Br)o1. The van der Waals surface area contributed by atoms with Crippen LogP contribution in [0, 0.1) is 0 Å². The van der Waals surface area contributed by atoms with E-state index in [2.05, 4.69) is 25.9 Å². The van der Waals surface area contributed by atoms with Crippen LogP contribution in [-0.4, -0.2) is 15.8 Å². The average molecular weight is 255 g/mol. The third-order valence-corrected chi connectivity index (χ3v) is 2.16. The Labute approximate surface area is 88.5 Å². The molecule has 72 valence electrons. The minimum Gasteiger partial charge on any atom is -0.446 e. The highest BCUT2D eigenvalue weighted by Gasteiger charge is 2.12. The van der Waals surface area contributed by atoms with Gasteiger partial charge in [0.05, 0.1) is 6.42 Å². The first-order chi connectivity index (χ1) is 6.75. The molecule has 0 radical (unpaired) electrons. The molecule has 4 nitrogen and oxygen atoms in total. The summed E-state index contributed by atoms with van der Waals surface area (Å²) in [5.74, 6) is 0.890. The lowest BCUT2D eigenvalue weighted by atomic mass is 10.2. The second-order valence-corrected chi connectivity index (χ2v) is 3.52. The van der Waals surface area contributed by atoms with Crippen molar-refractivity contribution in [2.45, 2.75) is 6.42 Å². The molecule has 2 rings (SSSR count). The number of ketones is 1. The third kappa shape index (κ3) is 1.93. The van der Waals surface area contributed by atoms with Gasteiger partial charge in [0.1, 0.15) is 5.82 Å². The lowest BCUT2D eigenvalue weighted by molar-refractivity contribution is 0.0963. The van der Waals surface area contributed by atoms with Gasteiger partial charge < -0.3 is 9.40 Å². The number of nitrogens with zero attached hydrogens (tertiary/aromatic N) is 1. The number of furan rings is 1. The second kappa shape index (κ2) is 3.79. The lowest BCUT2D eigenvalue weighted by Gasteiger charge is -1.93. The van der Waals surface area contributed by atoms with E-state index in [1.165, 1.54) is 0 Å². The van der Waals surface area contributed by atoms with Crippen LogP contribution >= 0.6 is 15.9 Å². The van der Waals surface area contributed by atoms with Gasteiger partial charge in [0.2, 0.25) is 5.78 Å². The molecule has 5 heteroatoms. The zero-order valence-corrected chi connectivity index (χ0v) is 8.74. The number of carbonyl (C=O) groups excluding carboxylic acids is 1. The van der Waals surface area contributed by atoms with E-state index in [0.29, 0.717) is 16.3 Å². The summed E-state index contributed by atoms with van der Waals surface area (Å²) in [4.78, 5) is 18.4. The van der Waals surface area contributed by atoms with E-state index in [0.717, 1.165) is 0 Å². The topological polar surface area (TPSA) is 58.9 Å². The Morgan fingerprint density at radius 3 is 3.00 bits per heavy atom. The number of aromatic amines is 1. The van der Waals surface area contributed by atoms with E-state index >= 15 is 0 Å². The van der Waals surface area contributed by atoms with E-state index in [-0.39, 0.29) is 12.2 Å². The summed E-state index contributed by atoms with van der Waals surface area (Å²) in [6.45, 7) is 0. The molecule has 2 aromatic heterocycles. The first kappa shape index (κ1) is 9.21.